The summed E-state index contributed by atoms with van der Waals surface area (Å²) in [6.07, 6.45) is 1.98. The summed E-state index contributed by atoms with van der Waals surface area (Å²) in [5, 5.41) is 11.1. The summed E-state index contributed by atoms with van der Waals surface area (Å²) in [5.74, 6) is 0.426. The Hall–Kier alpha value is -1.68. The van der Waals surface area contributed by atoms with Crippen LogP contribution in [0.5, 0.6) is 0 Å². The predicted octanol–water partition coefficient (Wildman–Crippen LogP) is 3.89. The molecule has 2 heterocycles. The van der Waals surface area contributed by atoms with Crippen LogP contribution in [0.15, 0.2) is 18.2 Å². The number of benzene rings is 1. The van der Waals surface area contributed by atoms with E-state index >= 15 is 0 Å². The summed E-state index contributed by atoms with van der Waals surface area (Å²) in [5.41, 5.74) is 0.188. The molecule has 0 bridgehead atoms. The van der Waals surface area contributed by atoms with E-state index in [1.54, 1.807) is 32.2 Å². The van der Waals surface area contributed by atoms with E-state index in [1.165, 1.54) is 9.60 Å². The molecule has 0 saturated carbocycles. The highest BCUT2D eigenvalue weighted by Gasteiger charge is 2.30. The van der Waals surface area contributed by atoms with Crippen LogP contribution in [0.4, 0.5) is 0 Å². The second-order valence-corrected chi connectivity index (χ2v) is 8.84. The van der Waals surface area contributed by atoms with Crippen molar-refractivity contribution in [3.63, 3.8) is 0 Å². The molecule has 1 aromatic carbocycles. The number of aromatic nitrogens is 1. The van der Waals surface area contributed by atoms with Gasteiger partial charge in [-0.25, -0.2) is 4.98 Å². The van der Waals surface area contributed by atoms with Crippen LogP contribution in [0.3, 0.4) is 0 Å². The molecule has 1 aliphatic heterocycles. The first-order valence-corrected chi connectivity index (χ1v) is 9.96. The van der Waals surface area contributed by atoms with Gasteiger partial charge in [0.2, 0.25) is 5.91 Å². The van der Waals surface area contributed by atoms with Gasteiger partial charge < -0.3 is 4.90 Å². The monoisotopic (exact) mass is 390 g/mol. The van der Waals surface area contributed by atoms with Crippen LogP contribution in [-0.2, 0) is 4.79 Å². The molecule has 0 spiro atoms. The molecule has 0 atom stereocenters. The van der Waals surface area contributed by atoms with Gasteiger partial charge in [0.25, 0.3) is 0 Å². The maximum Gasteiger partial charge on any atom is 0.237 e. The number of hydrogen-bond donors (Lipinski definition) is 0. The number of rotatable bonds is 4. The van der Waals surface area contributed by atoms with Crippen molar-refractivity contribution in [1.29, 1.82) is 5.26 Å². The third-order valence-electron chi connectivity index (χ3n) is 5.15. The summed E-state index contributed by atoms with van der Waals surface area (Å²) in [7, 11) is 1.70. The van der Waals surface area contributed by atoms with Crippen molar-refractivity contribution < 1.29 is 4.79 Å². The van der Waals surface area contributed by atoms with E-state index in [1.807, 2.05) is 18.2 Å². The third-order valence-corrected chi connectivity index (χ3v) is 6.58. The molecule has 26 heavy (non-hydrogen) atoms. The lowest BCUT2D eigenvalue weighted by Crippen LogP contribution is -2.49. The number of carbonyl (C=O) groups is 1. The highest BCUT2D eigenvalue weighted by molar-refractivity contribution is 7.18. The maximum absolute atomic E-state index is 12.4. The highest BCUT2D eigenvalue weighted by atomic mass is 35.5. The lowest BCUT2D eigenvalue weighted by Gasteiger charge is -2.34. The Morgan fingerprint density at radius 1 is 1.46 bits per heavy atom. The van der Waals surface area contributed by atoms with E-state index in [0.717, 1.165) is 36.5 Å². The van der Waals surface area contributed by atoms with Gasteiger partial charge in [0.05, 0.1) is 27.8 Å². The van der Waals surface area contributed by atoms with Crippen molar-refractivity contribution in [2.45, 2.75) is 38.1 Å². The summed E-state index contributed by atoms with van der Waals surface area (Å²) in [6, 6.07) is 8.02. The van der Waals surface area contributed by atoms with Crippen molar-refractivity contribution in [3.05, 3.63) is 28.2 Å². The van der Waals surface area contributed by atoms with Gasteiger partial charge in [-0.3, -0.25) is 9.69 Å². The molecule has 0 unspecified atom stereocenters. The van der Waals surface area contributed by atoms with Crippen LogP contribution in [0, 0.1) is 11.3 Å². The molecular formula is C19H23ClN4OS. The van der Waals surface area contributed by atoms with E-state index < -0.39 is 5.54 Å². The van der Waals surface area contributed by atoms with Crippen LogP contribution < -0.4 is 0 Å². The smallest absolute Gasteiger partial charge is 0.237 e. The topological polar surface area (TPSA) is 60.2 Å². The number of amides is 1. The van der Waals surface area contributed by atoms with Gasteiger partial charge in [0.1, 0.15) is 5.54 Å². The zero-order valence-electron chi connectivity index (χ0n) is 15.3. The quantitative estimate of drug-likeness (QED) is 0.794. The molecule has 0 aliphatic carbocycles. The number of fused-ring (bicyclic) bond motifs is 1. The maximum atomic E-state index is 12.4. The number of likely N-dealkylation sites (N-methyl/N-ethyl adjacent to an activating group) is 1. The Morgan fingerprint density at radius 3 is 2.81 bits per heavy atom. The van der Waals surface area contributed by atoms with Crippen molar-refractivity contribution in [1.82, 2.24) is 14.8 Å². The van der Waals surface area contributed by atoms with Crippen molar-refractivity contribution in [3.8, 4) is 6.07 Å². The molecule has 0 radical (unpaired) electrons. The molecule has 1 aromatic heterocycles. The Kier molecular flexibility index (Phi) is 5.52. The van der Waals surface area contributed by atoms with Crippen molar-refractivity contribution in [2.24, 2.45) is 0 Å². The SMILES string of the molecule is CN(C(=O)CN1CCC(c2nc3cc(Cl)ccc3s2)CC1)C(C)(C)C#N. The minimum absolute atomic E-state index is 0.00960. The molecule has 7 heteroatoms. The molecule has 1 amide bonds. The number of carbonyl (C=O) groups excluding carboxylic acids is 1. The molecule has 138 valence electrons. The van der Waals surface area contributed by atoms with E-state index in [9.17, 15) is 10.1 Å². The Balaban J connectivity index is 1.58. The van der Waals surface area contributed by atoms with E-state index in [0.29, 0.717) is 17.5 Å². The largest absolute Gasteiger partial charge is 0.326 e. The minimum Gasteiger partial charge on any atom is -0.326 e. The second-order valence-electron chi connectivity index (χ2n) is 7.34. The highest BCUT2D eigenvalue weighted by Crippen LogP contribution is 2.34. The van der Waals surface area contributed by atoms with E-state index in [-0.39, 0.29) is 5.91 Å². The molecule has 2 aromatic rings. The average molecular weight is 391 g/mol. The summed E-state index contributed by atoms with van der Waals surface area (Å²) >= 11 is 7.79. The molecule has 1 aliphatic rings. The van der Waals surface area contributed by atoms with Gasteiger partial charge in [-0.05, 0) is 58.0 Å². The second kappa shape index (κ2) is 7.51. The first kappa shape index (κ1) is 19.1. The fourth-order valence-electron chi connectivity index (χ4n) is 3.12. The lowest BCUT2D eigenvalue weighted by molar-refractivity contribution is -0.134. The molecule has 0 N–H and O–H groups in total. The number of thiazole rings is 1. The van der Waals surface area contributed by atoms with Crippen LogP contribution in [0.1, 0.15) is 37.6 Å². The normalized spacial score (nSPS) is 16.6. The van der Waals surface area contributed by atoms with Gasteiger partial charge in [0, 0.05) is 18.0 Å². The fourth-order valence-corrected chi connectivity index (χ4v) is 4.40. The third kappa shape index (κ3) is 4.01. The molecule has 1 saturated heterocycles. The zero-order valence-corrected chi connectivity index (χ0v) is 16.9. The Morgan fingerprint density at radius 2 is 2.15 bits per heavy atom. The lowest BCUT2D eigenvalue weighted by atomic mass is 9.97. The number of hydrogen-bond acceptors (Lipinski definition) is 5. The zero-order chi connectivity index (χ0) is 18.9. The first-order valence-electron chi connectivity index (χ1n) is 8.76. The number of nitriles is 1. The van der Waals surface area contributed by atoms with Crippen molar-refractivity contribution >= 4 is 39.1 Å². The molecule has 3 rings (SSSR count). The van der Waals surface area contributed by atoms with Gasteiger partial charge in [-0.15, -0.1) is 11.3 Å². The number of nitrogens with zero attached hydrogens (tertiary/aromatic N) is 4. The number of piperidine rings is 1. The van der Waals surface area contributed by atoms with Crippen LogP contribution in [0.2, 0.25) is 5.02 Å². The van der Waals surface area contributed by atoms with E-state index in [2.05, 4.69) is 11.0 Å². The fraction of sp³-hybridized carbons (Fsp3) is 0.526. The summed E-state index contributed by atoms with van der Waals surface area (Å²) in [4.78, 5) is 20.9. The predicted molar refractivity (Wildman–Crippen MR) is 106 cm³/mol. The number of likely N-dealkylation sites (tertiary alicyclic amines) is 1. The Bertz CT molecular complexity index is 849. The van der Waals surface area contributed by atoms with Gasteiger partial charge in [0.15, 0.2) is 0 Å². The van der Waals surface area contributed by atoms with Crippen LogP contribution in [-0.4, -0.2) is 52.9 Å². The molecule has 5 nitrogen and oxygen atoms in total. The molecular weight excluding hydrogens is 368 g/mol. The first-order chi connectivity index (χ1) is 12.3. The summed E-state index contributed by atoms with van der Waals surface area (Å²) in [6.45, 7) is 5.62. The van der Waals surface area contributed by atoms with Gasteiger partial charge >= 0.3 is 0 Å². The molecule has 1 fully saturated rings. The van der Waals surface area contributed by atoms with E-state index in [4.69, 9.17) is 16.6 Å². The van der Waals surface area contributed by atoms with Crippen molar-refractivity contribution in [2.75, 3.05) is 26.7 Å². The van der Waals surface area contributed by atoms with Crippen LogP contribution >= 0.6 is 22.9 Å². The Labute approximate surface area is 163 Å². The average Bonchev–Trinajstić information content (AvgIpc) is 3.04. The van der Waals surface area contributed by atoms with Gasteiger partial charge in [-0.1, -0.05) is 11.6 Å². The van der Waals surface area contributed by atoms with Gasteiger partial charge in [-0.2, -0.15) is 5.26 Å². The van der Waals surface area contributed by atoms with Crippen LogP contribution in [0.25, 0.3) is 10.2 Å². The summed E-state index contributed by atoms with van der Waals surface area (Å²) < 4.78 is 1.17. The standard InChI is InChI=1S/C19H23ClN4OS/c1-19(2,12-21)23(3)17(25)11-24-8-6-13(7-9-24)18-22-15-10-14(20)4-5-16(15)26-18/h4-5,10,13H,6-9,11H2,1-3H3. The number of halogens is 1. The minimum atomic E-state index is -0.780.